The molecule has 1 aliphatic heterocycles. The van der Waals surface area contributed by atoms with Crippen molar-refractivity contribution in [1.29, 1.82) is 0 Å². The summed E-state index contributed by atoms with van der Waals surface area (Å²) in [6.45, 7) is -1.28. The van der Waals surface area contributed by atoms with Crippen molar-refractivity contribution in [1.82, 2.24) is 20.1 Å². The molecule has 3 heterocycles. The quantitative estimate of drug-likeness (QED) is 0.780. The number of hydrogen-bond acceptors (Lipinski definition) is 4. The number of hydrogen-bond donors (Lipinski definition) is 2. The molecule has 0 unspecified atom stereocenters. The first-order valence-corrected chi connectivity index (χ1v) is 7.31. The van der Waals surface area contributed by atoms with Crippen molar-refractivity contribution in [3.63, 3.8) is 0 Å². The monoisotopic (exact) mass is 316 g/mol. The van der Waals surface area contributed by atoms with E-state index in [4.69, 9.17) is 0 Å². The first-order valence-electron chi connectivity index (χ1n) is 7.31. The highest BCUT2D eigenvalue weighted by atomic mass is 19.3. The van der Waals surface area contributed by atoms with Crippen LogP contribution in [0.3, 0.4) is 0 Å². The number of rotatable bonds is 3. The van der Waals surface area contributed by atoms with E-state index in [0.29, 0.717) is 41.1 Å². The summed E-state index contributed by atoms with van der Waals surface area (Å²) in [5, 5.41) is 21.2. The van der Waals surface area contributed by atoms with Gasteiger partial charge >= 0.3 is 6.55 Å². The van der Waals surface area contributed by atoms with Gasteiger partial charge in [0.1, 0.15) is 11.3 Å². The molecular weight excluding hydrogens is 302 g/mol. The average molecular weight is 316 g/mol. The minimum absolute atomic E-state index is 0.0414. The van der Waals surface area contributed by atoms with Gasteiger partial charge in [0.25, 0.3) is 0 Å². The molecule has 118 valence electrons. The molecule has 0 saturated carbocycles. The van der Waals surface area contributed by atoms with Gasteiger partial charge in [-0.15, -0.1) is 10.2 Å². The van der Waals surface area contributed by atoms with Crippen LogP contribution >= 0.6 is 0 Å². The van der Waals surface area contributed by atoms with Crippen LogP contribution in [0.1, 0.15) is 18.2 Å². The van der Waals surface area contributed by atoms with Crippen LogP contribution in [-0.4, -0.2) is 33.0 Å². The maximum Gasteiger partial charge on any atom is 0.319 e. The SMILES string of the molecule is Oc1ccccc1-c1cc2c(cc(C3CNC3)n2C(F)F)nn1. The Morgan fingerprint density at radius 3 is 2.61 bits per heavy atom. The zero-order chi connectivity index (χ0) is 16.0. The van der Waals surface area contributed by atoms with E-state index in [-0.39, 0.29) is 11.7 Å². The first kappa shape index (κ1) is 14.1. The first-order chi connectivity index (χ1) is 11.1. The van der Waals surface area contributed by atoms with Crippen LogP contribution < -0.4 is 5.32 Å². The highest BCUT2D eigenvalue weighted by molar-refractivity contribution is 5.82. The van der Waals surface area contributed by atoms with Gasteiger partial charge < -0.3 is 10.4 Å². The topological polar surface area (TPSA) is 63.0 Å². The van der Waals surface area contributed by atoms with Gasteiger partial charge in [-0.2, -0.15) is 8.78 Å². The number of fused-ring (bicyclic) bond motifs is 1. The van der Waals surface area contributed by atoms with Gasteiger partial charge in [-0.1, -0.05) is 12.1 Å². The molecule has 2 aromatic heterocycles. The molecule has 0 bridgehead atoms. The van der Waals surface area contributed by atoms with E-state index < -0.39 is 6.55 Å². The largest absolute Gasteiger partial charge is 0.507 e. The van der Waals surface area contributed by atoms with Gasteiger partial charge in [-0.3, -0.25) is 4.57 Å². The molecule has 7 heteroatoms. The molecule has 0 radical (unpaired) electrons. The minimum atomic E-state index is -2.65. The van der Waals surface area contributed by atoms with Crippen molar-refractivity contribution in [3.05, 3.63) is 42.1 Å². The van der Waals surface area contributed by atoms with Crippen LogP contribution in [0.5, 0.6) is 5.75 Å². The summed E-state index contributed by atoms with van der Waals surface area (Å²) in [4.78, 5) is 0. The Kier molecular flexibility index (Phi) is 3.23. The Morgan fingerprint density at radius 1 is 1.17 bits per heavy atom. The van der Waals surface area contributed by atoms with Gasteiger partial charge in [0.2, 0.25) is 0 Å². The average Bonchev–Trinajstić information content (AvgIpc) is 2.83. The number of nitrogens with zero attached hydrogens (tertiary/aromatic N) is 3. The van der Waals surface area contributed by atoms with E-state index >= 15 is 0 Å². The number of phenols is 1. The molecule has 1 aromatic carbocycles. The van der Waals surface area contributed by atoms with Gasteiger partial charge in [0.15, 0.2) is 0 Å². The summed E-state index contributed by atoms with van der Waals surface area (Å²) < 4.78 is 28.2. The number of aromatic hydroxyl groups is 1. The predicted octanol–water partition coefficient (Wildman–Crippen LogP) is 2.89. The number of para-hydroxylation sites is 1. The van der Waals surface area contributed by atoms with Gasteiger partial charge in [-0.05, 0) is 24.3 Å². The zero-order valence-electron chi connectivity index (χ0n) is 12.1. The molecule has 0 amide bonds. The Bertz CT molecular complexity index is 874. The molecule has 0 atom stereocenters. The van der Waals surface area contributed by atoms with Crippen LogP contribution in [-0.2, 0) is 0 Å². The van der Waals surface area contributed by atoms with Crippen molar-refractivity contribution < 1.29 is 13.9 Å². The van der Waals surface area contributed by atoms with E-state index in [0.717, 1.165) is 4.57 Å². The third-order valence-corrected chi connectivity index (χ3v) is 4.20. The highest BCUT2D eigenvalue weighted by Gasteiger charge is 2.27. The van der Waals surface area contributed by atoms with Crippen molar-refractivity contribution in [3.8, 4) is 17.0 Å². The van der Waals surface area contributed by atoms with E-state index in [1.807, 2.05) is 0 Å². The van der Waals surface area contributed by atoms with Crippen LogP contribution in [0.25, 0.3) is 22.3 Å². The Balaban J connectivity index is 1.91. The summed E-state index contributed by atoms with van der Waals surface area (Å²) in [6.07, 6.45) is 0. The molecule has 1 aliphatic rings. The third kappa shape index (κ3) is 2.24. The summed E-state index contributed by atoms with van der Waals surface area (Å²) in [5.41, 5.74) is 2.17. The van der Waals surface area contributed by atoms with Crippen molar-refractivity contribution in [2.45, 2.75) is 12.5 Å². The van der Waals surface area contributed by atoms with Crippen molar-refractivity contribution in [2.24, 2.45) is 0 Å². The molecule has 2 N–H and O–H groups in total. The lowest BCUT2D eigenvalue weighted by molar-refractivity contribution is 0.0701. The second-order valence-electron chi connectivity index (χ2n) is 5.59. The lowest BCUT2D eigenvalue weighted by Gasteiger charge is -2.28. The number of phenolic OH excluding ortho intramolecular Hbond substituents is 1. The Morgan fingerprint density at radius 2 is 1.96 bits per heavy atom. The van der Waals surface area contributed by atoms with Crippen LogP contribution in [0.15, 0.2) is 36.4 Å². The maximum absolute atomic E-state index is 13.6. The summed E-state index contributed by atoms with van der Waals surface area (Å²) in [5.74, 6) is 0.103. The lowest BCUT2D eigenvalue weighted by Crippen LogP contribution is -2.41. The van der Waals surface area contributed by atoms with Gasteiger partial charge in [0.05, 0.1) is 11.2 Å². The Hall–Kier alpha value is -2.54. The fourth-order valence-electron chi connectivity index (χ4n) is 2.89. The number of benzene rings is 1. The zero-order valence-corrected chi connectivity index (χ0v) is 12.1. The molecular formula is C16H14F2N4O. The van der Waals surface area contributed by atoms with Crippen LogP contribution in [0.4, 0.5) is 8.78 Å². The predicted molar refractivity (Wildman–Crippen MR) is 81.5 cm³/mol. The molecule has 0 spiro atoms. The smallest absolute Gasteiger partial charge is 0.319 e. The van der Waals surface area contributed by atoms with E-state index in [2.05, 4.69) is 15.5 Å². The molecule has 1 saturated heterocycles. The number of nitrogens with one attached hydrogen (secondary N) is 1. The molecule has 0 aliphatic carbocycles. The van der Waals surface area contributed by atoms with E-state index in [9.17, 15) is 13.9 Å². The standard InChI is InChI=1S/C16H14F2N4O/c17-16(18)22-13(9-7-19-8-9)6-12-14(22)5-11(20-21-12)10-3-1-2-4-15(10)23/h1-6,9,16,19,23H,7-8H2. The normalized spacial score (nSPS) is 15.3. The fourth-order valence-corrected chi connectivity index (χ4v) is 2.89. The van der Waals surface area contributed by atoms with Gasteiger partial charge in [-0.25, -0.2) is 0 Å². The lowest BCUT2D eigenvalue weighted by atomic mass is 9.99. The van der Waals surface area contributed by atoms with Crippen molar-refractivity contribution >= 4 is 11.0 Å². The summed E-state index contributed by atoms with van der Waals surface area (Å²) >= 11 is 0. The molecule has 1 fully saturated rings. The summed E-state index contributed by atoms with van der Waals surface area (Å²) in [6, 6.07) is 9.87. The molecule has 5 nitrogen and oxygen atoms in total. The van der Waals surface area contributed by atoms with Gasteiger partial charge in [0, 0.05) is 30.3 Å². The second-order valence-corrected chi connectivity index (χ2v) is 5.59. The Labute approximate surface area is 130 Å². The molecule has 3 aromatic rings. The fraction of sp³-hybridized carbons (Fsp3) is 0.250. The molecule has 4 rings (SSSR count). The van der Waals surface area contributed by atoms with Crippen molar-refractivity contribution in [2.75, 3.05) is 13.1 Å². The minimum Gasteiger partial charge on any atom is -0.507 e. The highest BCUT2D eigenvalue weighted by Crippen LogP contribution is 2.34. The second kappa shape index (κ2) is 5.27. The maximum atomic E-state index is 13.6. The molecule has 23 heavy (non-hydrogen) atoms. The number of aromatic nitrogens is 3. The summed E-state index contributed by atoms with van der Waals surface area (Å²) in [7, 11) is 0. The van der Waals surface area contributed by atoms with E-state index in [1.54, 1.807) is 30.3 Å². The van der Waals surface area contributed by atoms with Crippen LogP contribution in [0.2, 0.25) is 0 Å². The third-order valence-electron chi connectivity index (χ3n) is 4.20. The van der Waals surface area contributed by atoms with Crippen LogP contribution in [0, 0.1) is 0 Å². The number of alkyl halides is 2. The van der Waals surface area contributed by atoms with E-state index in [1.165, 1.54) is 6.07 Å². The number of halogens is 2.